The van der Waals surface area contributed by atoms with Crippen LogP contribution < -0.4 is 5.69 Å². The van der Waals surface area contributed by atoms with Crippen molar-refractivity contribution in [3.8, 4) is 0 Å². The zero-order valence-corrected chi connectivity index (χ0v) is 15.4. The van der Waals surface area contributed by atoms with Crippen LogP contribution in [0.25, 0.3) is 11.0 Å². The first-order valence-corrected chi connectivity index (χ1v) is 10.1. The van der Waals surface area contributed by atoms with Gasteiger partial charge in [0.05, 0.1) is 11.0 Å². The predicted molar refractivity (Wildman–Crippen MR) is 98.8 cm³/mol. The van der Waals surface area contributed by atoms with Gasteiger partial charge in [0.25, 0.3) is 0 Å². The minimum absolute atomic E-state index is 0.0338. The maximum atomic E-state index is 12.7. The summed E-state index contributed by atoms with van der Waals surface area (Å²) in [5.74, 6) is 0. The van der Waals surface area contributed by atoms with Crippen LogP contribution in [0.1, 0.15) is 18.9 Å². The molecular formula is C17H17ClN4O3S. The number of pyridine rings is 1. The molecule has 26 heavy (non-hydrogen) atoms. The highest BCUT2D eigenvalue weighted by atomic mass is 35.5. The minimum atomic E-state index is -3.61. The van der Waals surface area contributed by atoms with Gasteiger partial charge in [-0.05, 0) is 37.1 Å². The molecule has 1 aliphatic rings. The van der Waals surface area contributed by atoms with E-state index in [1.807, 2.05) is 24.3 Å². The lowest BCUT2D eigenvalue weighted by molar-refractivity contribution is 0.274. The molecule has 0 spiro atoms. The maximum Gasteiger partial charge on any atom is 0.326 e. The summed E-state index contributed by atoms with van der Waals surface area (Å²) >= 11 is 5.73. The molecule has 1 N–H and O–H groups in total. The van der Waals surface area contributed by atoms with Crippen LogP contribution in [-0.4, -0.2) is 40.3 Å². The van der Waals surface area contributed by atoms with Gasteiger partial charge in [0.2, 0.25) is 10.0 Å². The minimum Gasteiger partial charge on any atom is -0.306 e. The Labute approximate surface area is 155 Å². The molecule has 0 bridgehead atoms. The Morgan fingerprint density at radius 2 is 1.85 bits per heavy atom. The van der Waals surface area contributed by atoms with E-state index < -0.39 is 10.0 Å². The number of hydrogen-bond donors (Lipinski definition) is 1. The Kier molecular flexibility index (Phi) is 4.34. The van der Waals surface area contributed by atoms with E-state index in [0.717, 1.165) is 11.0 Å². The number of halogens is 1. The fourth-order valence-corrected chi connectivity index (χ4v) is 4.97. The van der Waals surface area contributed by atoms with Gasteiger partial charge in [-0.25, -0.2) is 18.2 Å². The number of hydrogen-bond acceptors (Lipinski definition) is 4. The number of piperidine rings is 1. The van der Waals surface area contributed by atoms with Gasteiger partial charge < -0.3 is 4.98 Å². The molecule has 1 fully saturated rings. The van der Waals surface area contributed by atoms with Gasteiger partial charge in [0.1, 0.15) is 10.0 Å². The smallest absolute Gasteiger partial charge is 0.306 e. The molecule has 136 valence electrons. The monoisotopic (exact) mass is 392 g/mol. The number of nitrogens with one attached hydrogen (secondary N) is 1. The third-order valence-electron chi connectivity index (χ3n) is 4.75. The van der Waals surface area contributed by atoms with Crippen molar-refractivity contribution in [3.63, 3.8) is 0 Å². The van der Waals surface area contributed by atoms with Gasteiger partial charge in [0, 0.05) is 25.3 Å². The Morgan fingerprint density at radius 3 is 2.54 bits per heavy atom. The Bertz CT molecular complexity index is 1100. The van der Waals surface area contributed by atoms with Crippen LogP contribution in [0.15, 0.2) is 52.3 Å². The van der Waals surface area contributed by atoms with E-state index in [0.29, 0.717) is 25.9 Å². The number of nitrogens with zero attached hydrogens (tertiary/aromatic N) is 3. The standard InChI is InChI=1S/C17H17ClN4O3S/c18-16-6-5-13(11-19-16)26(24,25)21-9-7-12(8-10-21)22-15-4-2-1-3-14(15)20-17(22)23/h1-6,11-12H,7-10H2,(H,20,23). The summed E-state index contributed by atoms with van der Waals surface area (Å²) < 4.78 is 28.7. The van der Waals surface area contributed by atoms with E-state index in [2.05, 4.69) is 9.97 Å². The highest BCUT2D eigenvalue weighted by molar-refractivity contribution is 7.89. The Balaban J connectivity index is 1.56. The van der Waals surface area contributed by atoms with Crippen LogP contribution in [0, 0.1) is 0 Å². The van der Waals surface area contributed by atoms with Crippen molar-refractivity contribution in [2.75, 3.05) is 13.1 Å². The van der Waals surface area contributed by atoms with E-state index in [1.165, 1.54) is 22.6 Å². The lowest BCUT2D eigenvalue weighted by Crippen LogP contribution is -2.40. The van der Waals surface area contributed by atoms with E-state index in [4.69, 9.17) is 11.6 Å². The average Bonchev–Trinajstić information content (AvgIpc) is 2.98. The Morgan fingerprint density at radius 1 is 1.12 bits per heavy atom. The van der Waals surface area contributed by atoms with Crippen LogP contribution >= 0.6 is 11.6 Å². The lowest BCUT2D eigenvalue weighted by atomic mass is 10.1. The van der Waals surface area contributed by atoms with E-state index in [9.17, 15) is 13.2 Å². The number of aromatic nitrogens is 3. The van der Waals surface area contributed by atoms with E-state index in [1.54, 1.807) is 4.57 Å². The second-order valence-corrected chi connectivity index (χ2v) is 8.59. The number of H-pyrrole nitrogens is 1. The van der Waals surface area contributed by atoms with Crippen LogP contribution in [-0.2, 0) is 10.0 Å². The molecule has 2 aromatic heterocycles. The quantitative estimate of drug-likeness (QED) is 0.693. The largest absolute Gasteiger partial charge is 0.326 e. The molecular weight excluding hydrogens is 376 g/mol. The highest BCUT2D eigenvalue weighted by Crippen LogP contribution is 2.28. The highest BCUT2D eigenvalue weighted by Gasteiger charge is 2.31. The SMILES string of the molecule is O=c1[nH]c2ccccc2n1C1CCN(S(=O)(=O)c2ccc(Cl)nc2)CC1. The molecule has 0 amide bonds. The fraction of sp³-hybridized carbons (Fsp3) is 0.294. The molecule has 1 saturated heterocycles. The van der Waals surface area contributed by atoms with Crippen LogP contribution in [0.4, 0.5) is 0 Å². The molecule has 1 aromatic carbocycles. The Hall–Kier alpha value is -2.16. The molecule has 3 heterocycles. The zero-order chi connectivity index (χ0) is 18.3. The first kappa shape index (κ1) is 17.3. The number of benzene rings is 1. The second-order valence-electron chi connectivity index (χ2n) is 6.27. The second kappa shape index (κ2) is 6.53. The van der Waals surface area contributed by atoms with Gasteiger partial charge in [-0.3, -0.25) is 4.57 Å². The summed E-state index contributed by atoms with van der Waals surface area (Å²) in [5.41, 5.74) is 1.48. The number of aromatic amines is 1. The summed E-state index contributed by atoms with van der Waals surface area (Å²) in [7, 11) is -3.61. The first-order chi connectivity index (χ1) is 12.5. The van der Waals surface area contributed by atoms with Crippen LogP contribution in [0.3, 0.4) is 0 Å². The third kappa shape index (κ3) is 2.94. The van der Waals surface area contributed by atoms with Crippen molar-refractivity contribution in [3.05, 3.63) is 58.2 Å². The molecule has 0 radical (unpaired) electrons. The number of para-hydroxylation sites is 2. The normalized spacial score (nSPS) is 17.0. The number of rotatable bonds is 3. The lowest BCUT2D eigenvalue weighted by Gasteiger charge is -2.31. The van der Waals surface area contributed by atoms with Gasteiger partial charge in [0.15, 0.2) is 0 Å². The molecule has 0 atom stereocenters. The molecule has 3 aromatic rings. The van der Waals surface area contributed by atoms with Crippen molar-refractivity contribution in [1.29, 1.82) is 0 Å². The van der Waals surface area contributed by atoms with Crippen LogP contribution in [0.2, 0.25) is 5.15 Å². The molecule has 9 heteroatoms. The summed E-state index contributed by atoms with van der Waals surface area (Å²) in [5, 5.41) is 0.251. The first-order valence-electron chi connectivity index (χ1n) is 8.28. The van der Waals surface area contributed by atoms with Crippen molar-refractivity contribution in [2.45, 2.75) is 23.8 Å². The van der Waals surface area contributed by atoms with Crippen molar-refractivity contribution in [1.82, 2.24) is 18.8 Å². The van der Waals surface area contributed by atoms with Gasteiger partial charge in [-0.1, -0.05) is 23.7 Å². The topological polar surface area (TPSA) is 88.1 Å². The van der Waals surface area contributed by atoms with Crippen molar-refractivity contribution >= 4 is 32.7 Å². The summed E-state index contributed by atoms with van der Waals surface area (Å²) in [6.07, 6.45) is 2.41. The van der Waals surface area contributed by atoms with E-state index in [-0.39, 0.29) is 21.8 Å². The molecule has 4 rings (SSSR count). The number of imidazole rings is 1. The predicted octanol–water partition coefficient (Wildman–Crippen LogP) is 2.40. The van der Waals surface area contributed by atoms with Crippen molar-refractivity contribution in [2.24, 2.45) is 0 Å². The summed E-state index contributed by atoms with van der Waals surface area (Å²) in [6, 6.07) is 10.4. The average molecular weight is 393 g/mol. The zero-order valence-electron chi connectivity index (χ0n) is 13.8. The number of fused-ring (bicyclic) bond motifs is 1. The van der Waals surface area contributed by atoms with Crippen molar-refractivity contribution < 1.29 is 8.42 Å². The molecule has 0 saturated carbocycles. The molecule has 7 nitrogen and oxygen atoms in total. The summed E-state index contributed by atoms with van der Waals surface area (Å²) in [6.45, 7) is 0.698. The molecule has 0 aliphatic carbocycles. The summed E-state index contributed by atoms with van der Waals surface area (Å²) in [4.78, 5) is 19.2. The van der Waals surface area contributed by atoms with Gasteiger partial charge in [-0.2, -0.15) is 4.31 Å². The van der Waals surface area contributed by atoms with Crippen LogP contribution in [0.5, 0.6) is 0 Å². The van der Waals surface area contributed by atoms with Gasteiger partial charge >= 0.3 is 5.69 Å². The van der Waals surface area contributed by atoms with E-state index >= 15 is 0 Å². The molecule has 0 unspecified atom stereocenters. The number of sulfonamides is 1. The third-order valence-corrected chi connectivity index (χ3v) is 6.86. The molecule has 1 aliphatic heterocycles. The maximum absolute atomic E-state index is 12.7. The fourth-order valence-electron chi connectivity index (χ4n) is 3.44. The van der Waals surface area contributed by atoms with Gasteiger partial charge in [-0.15, -0.1) is 0 Å².